The Morgan fingerprint density at radius 1 is 1.41 bits per heavy atom. The second-order valence-corrected chi connectivity index (χ2v) is 4.95. The lowest BCUT2D eigenvalue weighted by molar-refractivity contribution is 0.131. The van der Waals surface area contributed by atoms with E-state index in [-0.39, 0.29) is 0 Å². The van der Waals surface area contributed by atoms with Gasteiger partial charge in [-0.1, -0.05) is 12.1 Å². The van der Waals surface area contributed by atoms with E-state index in [1.54, 1.807) is 0 Å². The van der Waals surface area contributed by atoms with Gasteiger partial charge in [-0.05, 0) is 37.3 Å². The summed E-state index contributed by atoms with van der Waals surface area (Å²) in [4.78, 5) is 2.18. The van der Waals surface area contributed by atoms with E-state index in [2.05, 4.69) is 24.9 Å². The molecule has 0 radical (unpaired) electrons. The Morgan fingerprint density at radius 3 is 2.82 bits per heavy atom. The second kappa shape index (κ2) is 5.41. The van der Waals surface area contributed by atoms with Gasteiger partial charge < -0.3 is 15.4 Å². The maximum Gasteiger partial charge on any atom is 0.0641 e. The molecule has 3 heteroatoms. The van der Waals surface area contributed by atoms with E-state index < -0.39 is 0 Å². The number of nitrogens with zero attached hydrogens (tertiary/aromatic N) is 1. The van der Waals surface area contributed by atoms with Crippen molar-refractivity contribution in [1.29, 1.82) is 0 Å². The number of para-hydroxylation sites is 1. The van der Waals surface area contributed by atoms with E-state index >= 15 is 0 Å². The largest absolute Gasteiger partial charge is 0.397 e. The molecular weight excluding hydrogens is 212 g/mol. The molecule has 2 rings (SSSR count). The standard InChI is InChI=1S/C14H22N2O/c1-11-4-3-5-13(15)14(11)16(2)8-9-17-10-12-6-7-12/h3-5,12H,6-10,15H2,1-2H3. The monoisotopic (exact) mass is 234 g/mol. The third kappa shape index (κ3) is 3.37. The van der Waals surface area contributed by atoms with Crippen LogP contribution >= 0.6 is 0 Å². The molecule has 0 aromatic heterocycles. The van der Waals surface area contributed by atoms with Crippen LogP contribution in [0.1, 0.15) is 18.4 Å². The van der Waals surface area contributed by atoms with Crippen LogP contribution in [0.2, 0.25) is 0 Å². The number of nitrogens with two attached hydrogens (primary N) is 1. The van der Waals surface area contributed by atoms with Gasteiger partial charge in [0.2, 0.25) is 0 Å². The fourth-order valence-electron chi connectivity index (χ4n) is 2.05. The lowest BCUT2D eigenvalue weighted by Gasteiger charge is -2.23. The average Bonchev–Trinajstić information content (AvgIpc) is 3.08. The van der Waals surface area contributed by atoms with Gasteiger partial charge in [-0.2, -0.15) is 0 Å². The Labute approximate surface area is 104 Å². The van der Waals surface area contributed by atoms with Crippen LogP contribution in [0.4, 0.5) is 11.4 Å². The number of hydrogen-bond donors (Lipinski definition) is 1. The molecule has 3 nitrogen and oxygen atoms in total. The van der Waals surface area contributed by atoms with Crippen LogP contribution in [-0.4, -0.2) is 26.8 Å². The Balaban J connectivity index is 1.82. The van der Waals surface area contributed by atoms with Crippen molar-refractivity contribution in [2.45, 2.75) is 19.8 Å². The molecule has 17 heavy (non-hydrogen) atoms. The molecule has 0 aliphatic heterocycles. The van der Waals surface area contributed by atoms with Crippen molar-refractivity contribution in [2.75, 3.05) is 37.4 Å². The minimum absolute atomic E-state index is 0.779. The van der Waals surface area contributed by atoms with Crippen molar-refractivity contribution >= 4 is 11.4 Å². The van der Waals surface area contributed by atoms with Crippen molar-refractivity contribution in [3.05, 3.63) is 23.8 Å². The maximum absolute atomic E-state index is 6.00. The van der Waals surface area contributed by atoms with Crippen LogP contribution in [0.5, 0.6) is 0 Å². The predicted octanol–water partition coefficient (Wildman–Crippen LogP) is 2.44. The van der Waals surface area contributed by atoms with Crippen LogP contribution in [0, 0.1) is 12.8 Å². The summed E-state index contributed by atoms with van der Waals surface area (Å²) in [5, 5.41) is 0. The summed E-state index contributed by atoms with van der Waals surface area (Å²) in [5.74, 6) is 0.837. The molecule has 0 atom stereocenters. The Morgan fingerprint density at radius 2 is 2.18 bits per heavy atom. The summed E-state index contributed by atoms with van der Waals surface area (Å²) >= 11 is 0. The number of hydrogen-bond acceptors (Lipinski definition) is 3. The predicted molar refractivity (Wildman–Crippen MR) is 72.4 cm³/mol. The lowest BCUT2D eigenvalue weighted by Crippen LogP contribution is -2.24. The fraction of sp³-hybridized carbons (Fsp3) is 0.571. The lowest BCUT2D eigenvalue weighted by atomic mass is 10.1. The van der Waals surface area contributed by atoms with Gasteiger partial charge in [0.25, 0.3) is 0 Å². The number of ether oxygens (including phenoxy) is 1. The minimum Gasteiger partial charge on any atom is -0.397 e. The van der Waals surface area contributed by atoms with Gasteiger partial charge in [0.1, 0.15) is 0 Å². The van der Waals surface area contributed by atoms with Gasteiger partial charge in [-0.15, -0.1) is 0 Å². The highest BCUT2D eigenvalue weighted by Crippen LogP contribution is 2.29. The van der Waals surface area contributed by atoms with E-state index in [1.165, 1.54) is 18.4 Å². The molecule has 1 fully saturated rings. The molecule has 1 aliphatic rings. The highest BCUT2D eigenvalue weighted by atomic mass is 16.5. The first-order valence-electron chi connectivity index (χ1n) is 6.32. The van der Waals surface area contributed by atoms with Crippen LogP contribution in [0.25, 0.3) is 0 Å². The molecule has 0 amide bonds. The molecule has 0 saturated heterocycles. The van der Waals surface area contributed by atoms with Crippen LogP contribution in [0.15, 0.2) is 18.2 Å². The van der Waals surface area contributed by atoms with Gasteiger partial charge in [-0.3, -0.25) is 0 Å². The van der Waals surface area contributed by atoms with Gasteiger partial charge in [0.05, 0.1) is 18.0 Å². The summed E-state index contributed by atoms with van der Waals surface area (Å²) in [6.45, 7) is 4.69. The van der Waals surface area contributed by atoms with Crippen LogP contribution in [-0.2, 0) is 4.74 Å². The van der Waals surface area contributed by atoms with Gasteiger partial charge in [0.15, 0.2) is 0 Å². The smallest absolute Gasteiger partial charge is 0.0641 e. The van der Waals surface area contributed by atoms with E-state index in [1.807, 2.05) is 12.1 Å². The molecule has 1 aliphatic carbocycles. The van der Waals surface area contributed by atoms with Crippen LogP contribution < -0.4 is 10.6 Å². The molecule has 0 unspecified atom stereocenters. The minimum atomic E-state index is 0.779. The first-order chi connectivity index (χ1) is 8.18. The molecule has 1 aromatic rings. The highest BCUT2D eigenvalue weighted by Gasteiger charge is 2.21. The van der Waals surface area contributed by atoms with Gasteiger partial charge in [-0.25, -0.2) is 0 Å². The zero-order chi connectivity index (χ0) is 12.3. The molecule has 0 spiro atoms. The zero-order valence-corrected chi connectivity index (χ0v) is 10.8. The molecule has 1 saturated carbocycles. The molecular formula is C14H22N2O. The first kappa shape index (κ1) is 12.2. The SMILES string of the molecule is Cc1cccc(N)c1N(C)CCOCC1CC1. The molecule has 1 aromatic carbocycles. The summed E-state index contributed by atoms with van der Waals surface area (Å²) < 4.78 is 5.65. The Bertz CT molecular complexity index is 354. The van der Waals surface area contributed by atoms with Gasteiger partial charge in [0, 0.05) is 20.2 Å². The quantitative estimate of drug-likeness (QED) is 0.607. The maximum atomic E-state index is 6.00. The third-order valence-electron chi connectivity index (χ3n) is 3.27. The summed E-state index contributed by atoms with van der Waals surface area (Å²) in [5.41, 5.74) is 9.19. The van der Waals surface area contributed by atoms with Crippen molar-refractivity contribution in [1.82, 2.24) is 0 Å². The summed E-state index contributed by atoms with van der Waals surface area (Å²) in [7, 11) is 2.07. The number of nitrogen functional groups attached to an aromatic ring is 1. The van der Waals surface area contributed by atoms with Gasteiger partial charge >= 0.3 is 0 Å². The number of benzene rings is 1. The number of aryl methyl sites for hydroxylation is 1. The summed E-state index contributed by atoms with van der Waals surface area (Å²) in [6, 6.07) is 6.03. The molecule has 94 valence electrons. The Kier molecular flexibility index (Phi) is 3.89. The first-order valence-corrected chi connectivity index (χ1v) is 6.32. The van der Waals surface area contributed by atoms with E-state index in [0.717, 1.165) is 37.1 Å². The number of rotatable bonds is 6. The second-order valence-electron chi connectivity index (χ2n) is 4.95. The van der Waals surface area contributed by atoms with E-state index in [9.17, 15) is 0 Å². The van der Waals surface area contributed by atoms with E-state index in [0.29, 0.717) is 0 Å². The fourth-order valence-corrected chi connectivity index (χ4v) is 2.05. The summed E-state index contributed by atoms with van der Waals surface area (Å²) in [6.07, 6.45) is 2.70. The number of likely N-dealkylation sites (N-methyl/N-ethyl adjacent to an activating group) is 1. The molecule has 2 N–H and O–H groups in total. The zero-order valence-electron chi connectivity index (χ0n) is 10.8. The Hall–Kier alpha value is -1.22. The van der Waals surface area contributed by atoms with Crippen LogP contribution in [0.3, 0.4) is 0 Å². The normalized spacial score (nSPS) is 14.9. The highest BCUT2D eigenvalue weighted by molar-refractivity contribution is 5.70. The van der Waals surface area contributed by atoms with E-state index in [4.69, 9.17) is 10.5 Å². The van der Waals surface area contributed by atoms with Crippen molar-refractivity contribution in [3.8, 4) is 0 Å². The van der Waals surface area contributed by atoms with Crippen molar-refractivity contribution in [3.63, 3.8) is 0 Å². The topological polar surface area (TPSA) is 38.5 Å². The van der Waals surface area contributed by atoms with Crippen molar-refractivity contribution in [2.24, 2.45) is 5.92 Å². The van der Waals surface area contributed by atoms with Crippen molar-refractivity contribution < 1.29 is 4.74 Å². The third-order valence-corrected chi connectivity index (χ3v) is 3.27. The average molecular weight is 234 g/mol. The molecule has 0 bridgehead atoms. The number of anilines is 2. The molecule has 0 heterocycles.